The van der Waals surface area contributed by atoms with E-state index in [1.807, 2.05) is 0 Å². The Hall–Kier alpha value is -2.90. The zero-order valence-corrected chi connectivity index (χ0v) is 16.8. The summed E-state index contributed by atoms with van der Waals surface area (Å²) in [7, 11) is 0. The first-order valence-corrected chi connectivity index (χ1v) is 9.28. The molecule has 0 saturated carbocycles. The van der Waals surface area contributed by atoms with E-state index < -0.39 is 17.8 Å². The first-order chi connectivity index (χ1) is 13.4. The summed E-state index contributed by atoms with van der Waals surface area (Å²) in [5, 5.41) is 2.58. The minimum Gasteiger partial charge on any atom is -0.489 e. The SMILES string of the molecule is C=CCOc1ccc(Cl)cc1/C=C1\C(=O)NC(=O)N(c2ccc(Br)cc2)C1=O. The Morgan fingerprint density at radius 2 is 1.86 bits per heavy atom. The third kappa shape index (κ3) is 4.16. The van der Waals surface area contributed by atoms with Gasteiger partial charge in [-0.05, 0) is 48.5 Å². The van der Waals surface area contributed by atoms with E-state index in [9.17, 15) is 14.4 Å². The molecule has 1 heterocycles. The maximum atomic E-state index is 12.9. The summed E-state index contributed by atoms with van der Waals surface area (Å²) >= 11 is 9.34. The van der Waals surface area contributed by atoms with Crippen molar-refractivity contribution in [3.05, 3.63) is 75.8 Å². The van der Waals surface area contributed by atoms with Gasteiger partial charge in [-0.2, -0.15) is 0 Å². The maximum Gasteiger partial charge on any atom is 0.335 e. The number of urea groups is 1. The predicted octanol–water partition coefficient (Wildman–Crippen LogP) is 4.33. The van der Waals surface area contributed by atoms with Crippen molar-refractivity contribution < 1.29 is 19.1 Å². The molecule has 1 fully saturated rings. The molecular formula is C20H14BrClN2O4. The number of ether oxygens (including phenoxy) is 1. The molecule has 2 aromatic rings. The van der Waals surface area contributed by atoms with Crippen molar-refractivity contribution >= 4 is 57.1 Å². The Morgan fingerprint density at radius 1 is 1.14 bits per heavy atom. The van der Waals surface area contributed by atoms with Crippen molar-refractivity contribution in [3.8, 4) is 5.75 Å². The number of amides is 4. The van der Waals surface area contributed by atoms with Crippen LogP contribution in [0.3, 0.4) is 0 Å². The van der Waals surface area contributed by atoms with E-state index in [0.29, 0.717) is 22.0 Å². The van der Waals surface area contributed by atoms with Crippen molar-refractivity contribution in [1.29, 1.82) is 0 Å². The van der Waals surface area contributed by atoms with Crippen LogP contribution in [0.4, 0.5) is 10.5 Å². The molecule has 3 rings (SSSR count). The van der Waals surface area contributed by atoms with Crippen LogP contribution >= 0.6 is 27.5 Å². The van der Waals surface area contributed by atoms with E-state index in [1.54, 1.807) is 48.5 Å². The van der Waals surface area contributed by atoms with Crippen LogP contribution in [0.2, 0.25) is 5.02 Å². The molecule has 142 valence electrons. The lowest BCUT2D eigenvalue weighted by molar-refractivity contribution is -0.122. The van der Waals surface area contributed by atoms with Gasteiger partial charge in [0.05, 0.1) is 5.69 Å². The third-order valence-electron chi connectivity index (χ3n) is 3.81. The topological polar surface area (TPSA) is 75.7 Å². The lowest BCUT2D eigenvalue weighted by atomic mass is 10.1. The van der Waals surface area contributed by atoms with E-state index in [-0.39, 0.29) is 12.2 Å². The van der Waals surface area contributed by atoms with Crippen LogP contribution in [0.15, 0.2) is 65.2 Å². The number of hydrogen-bond donors (Lipinski definition) is 1. The van der Waals surface area contributed by atoms with Gasteiger partial charge in [0.15, 0.2) is 0 Å². The quantitative estimate of drug-likeness (QED) is 0.408. The van der Waals surface area contributed by atoms with Gasteiger partial charge in [0.2, 0.25) is 0 Å². The largest absolute Gasteiger partial charge is 0.489 e. The molecule has 0 aromatic heterocycles. The van der Waals surface area contributed by atoms with Gasteiger partial charge in [-0.1, -0.05) is 40.2 Å². The van der Waals surface area contributed by atoms with Gasteiger partial charge in [-0.25, -0.2) is 9.69 Å². The summed E-state index contributed by atoms with van der Waals surface area (Å²) in [5.41, 5.74) is 0.546. The minimum absolute atomic E-state index is 0.215. The molecule has 28 heavy (non-hydrogen) atoms. The molecule has 0 spiro atoms. The lowest BCUT2D eigenvalue weighted by Gasteiger charge is -2.26. The predicted molar refractivity (Wildman–Crippen MR) is 110 cm³/mol. The van der Waals surface area contributed by atoms with Crippen LogP contribution in [0.1, 0.15) is 5.56 Å². The highest BCUT2D eigenvalue weighted by atomic mass is 79.9. The molecule has 0 bridgehead atoms. The summed E-state index contributed by atoms with van der Waals surface area (Å²) in [4.78, 5) is 38.4. The van der Waals surface area contributed by atoms with Crippen molar-refractivity contribution in [3.63, 3.8) is 0 Å². The highest BCUT2D eigenvalue weighted by Gasteiger charge is 2.36. The second-order valence-electron chi connectivity index (χ2n) is 5.72. The zero-order chi connectivity index (χ0) is 20.3. The zero-order valence-electron chi connectivity index (χ0n) is 14.4. The Kier molecular flexibility index (Phi) is 5.96. The van der Waals surface area contributed by atoms with Crippen LogP contribution in [-0.4, -0.2) is 24.5 Å². The van der Waals surface area contributed by atoms with Gasteiger partial charge in [-0.15, -0.1) is 0 Å². The molecule has 1 aliphatic heterocycles. The average molecular weight is 462 g/mol. The Labute approximate surface area is 174 Å². The highest BCUT2D eigenvalue weighted by Crippen LogP contribution is 2.28. The minimum atomic E-state index is -0.816. The van der Waals surface area contributed by atoms with Gasteiger partial charge < -0.3 is 4.74 Å². The van der Waals surface area contributed by atoms with Gasteiger partial charge in [-0.3, -0.25) is 14.9 Å². The summed E-state index contributed by atoms with van der Waals surface area (Å²) in [6, 6.07) is 10.6. The van der Waals surface area contributed by atoms with Crippen LogP contribution in [-0.2, 0) is 9.59 Å². The number of rotatable bonds is 5. The van der Waals surface area contributed by atoms with Gasteiger partial charge >= 0.3 is 6.03 Å². The van der Waals surface area contributed by atoms with Crippen molar-refractivity contribution in [2.75, 3.05) is 11.5 Å². The van der Waals surface area contributed by atoms with Crippen LogP contribution in [0.25, 0.3) is 6.08 Å². The monoisotopic (exact) mass is 460 g/mol. The standard InChI is InChI=1S/C20H14BrClN2O4/c1-2-9-28-17-8-5-14(22)10-12(17)11-16-18(25)23-20(27)24(19(16)26)15-6-3-13(21)4-7-15/h2-8,10-11H,1,9H2,(H,23,25,27)/b16-11+. The maximum absolute atomic E-state index is 12.9. The molecule has 4 amide bonds. The first kappa shape index (κ1) is 19.9. The van der Waals surface area contributed by atoms with Crippen molar-refractivity contribution in [2.24, 2.45) is 0 Å². The van der Waals surface area contributed by atoms with Gasteiger partial charge in [0.25, 0.3) is 11.8 Å². The third-order valence-corrected chi connectivity index (χ3v) is 4.58. The molecule has 0 aliphatic carbocycles. The fraction of sp³-hybridized carbons (Fsp3) is 0.0500. The summed E-state index contributed by atoms with van der Waals surface area (Å²) in [5.74, 6) is -1.12. The fourth-order valence-corrected chi connectivity index (χ4v) is 2.99. The van der Waals surface area contributed by atoms with Gasteiger partial charge in [0.1, 0.15) is 17.9 Å². The van der Waals surface area contributed by atoms with E-state index >= 15 is 0 Å². The van der Waals surface area contributed by atoms with Crippen LogP contribution in [0.5, 0.6) is 5.75 Å². The molecule has 1 N–H and O–H groups in total. The number of carbonyl (C=O) groups excluding carboxylic acids is 3. The van der Waals surface area contributed by atoms with Crippen LogP contribution < -0.4 is 15.0 Å². The number of nitrogens with one attached hydrogen (secondary N) is 1. The smallest absolute Gasteiger partial charge is 0.335 e. The first-order valence-electron chi connectivity index (χ1n) is 8.11. The Morgan fingerprint density at radius 3 is 2.54 bits per heavy atom. The highest BCUT2D eigenvalue weighted by molar-refractivity contribution is 9.10. The molecule has 6 nitrogen and oxygen atoms in total. The summed E-state index contributed by atoms with van der Waals surface area (Å²) in [6.07, 6.45) is 2.91. The van der Waals surface area contributed by atoms with Crippen LogP contribution in [0, 0.1) is 0 Å². The Balaban J connectivity index is 2.03. The molecule has 0 atom stereocenters. The molecule has 0 unspecified atom stereocenters. The van der Waals surface area contributed by atoms with Crippen molar-refractivity contribution in [2.45, 2.75) is 0 Å². The van der Waals surface area contributed by atoms with Crippen molar-refractivity contribution in [1.82, 2.24) is 5.32 Å². The average Bonchev–Trinajstić information content (AvgIpc) is 2.66. The molecule has 0 radical (unpaired) electrons. The molecule has 2 aromatic carbocycles. The van der Waals surface area contributed by atoms with E-state index in [1.165, 1.54) is 6.08 Å². The molecule has 1 aliphatic rings. The normalized spacial score (nSPS) is 15.6. The Bertz CT molecular complexity index is 1000. The lowest BCUT2D eigenvalue weighted by Crippen LogP contribution is -2.54. The second-order valence-corrected chi connectivity index (χ2v) is 7.07. The summed E-state index contributed by atoms with van der Waals surface area (Å²) < 4.78 is 6.34. The number of nitrogens with zero attached hydrogens (tertiary/aromatic N) is 1. The number of hydrogen-bond acceptors (Lipinski definition) is 4. The second kappa shape index (κ2) is 8.41. The van der Waals surface area contributed by atoms with E-state index in [2.05, 4.69) is 27.8 Å². The molecular weight excluding hydrogens is 448 g/mol. The number of halogens is 2. The number of benzene rings is 2. The number of imide groups is 2. The van der Waals surface area contributed by atoms with Gasteiger partial charge in [0, 0.05) is 15.1 Å². The molecule has 8 heteroatoms. The number of anilines is 1. The fourth-order valence-electron chi connectivity index (χ4n) is 2.55. The number of barbiturate groups is 1. The number of carbonyl (C=O) groups is 3. The molecule has 1 saturated heterocycles. The summed E-state index contributed by atoms with van der Waals surface area (Å²) in [6.45, 7) is 3.83. The van der Waals surface area contributed by atoms with E-state index in [4.69, 9.17) is 16.3 Å². The van der Waals surface area contributed by atoms with E-state index in [0.717, 1.165) is 9.37 Å².